The molecular weight excluding hydrogens is 559 g/mol. The van der Waals surface area contributed by atoms with E-state index in [0.29, 0.717) is 55.5 Å². The van der Waals surface area contributed by atoms with Crippen LogP contribution in [0, 0.1) is 0 Å². The first-order valence-corrected chi connectivity index (χ1v) is 14.1. The number of halogens is 3. The van der Waals surface area contributed by atoms with Gasteiger partial charge in [0, 0.05) is 81.3 Å². The Hall–Kier alpha value is -4.39. The summed E-state index contributed by atoms with van der Waals surface area (Å²) in [5, 5.41) is 6.86. The molecule has 13 heteroatoms. The average molecular weight is 594 g/mol. The molecule has 1 saturated heterocycles. The summed E-state index contributed by atoms with van der Waals surface area (Å²) in [7, 11) is 3.48. The van der Waals surface area contributed by atoms with Gasteiger partial charge < -0.3 is 15.5 Å². The zero-order chi connectivity index (χ0) is 30.6. The van der Waals surface area contributed by atoms with Gasteiger partial charge in [-0.05, 0) is 24.5 Å². The molecule has 4 heterocycles. The summed E-state index contributed by atoms with van der Waals surface area (Å²) < 4.78 is 38.1. The highest BCUT2D eigenvalue weighted by molar-refractivity contribution is 6.06. The molecular formula is C30H34F3N9O. The van der Waals surface area contributed by atoms with Crippen LogP contribution in [0.3, 0.4) is 0 Å². The number of carbonyl (C=O) groups excluding carboxylic acids is 1. The second-order valence-corrected chi connectivity index (χ2v) is 10.8. The number of para-hydroxylation sites is 1. The highest BCUT2D eigenvalue weighted by Gasteiger charge is 2.33. The van der Waals surface area contributed by atoms with Crippen LogP contribution in [0.1, 0.15) is 41.6 Å². The zero-order valence-corrected chi connectivity index (χ0v) is 24.3. The molecule has 3 aromatic heterocycles. The van der Waals surface area contributed by atoms with Crippen molar-refractivity contribution in [3.8, 4) is 11.3 Å². The standard InChI is InChI=1S/C30H34F3N9O/c1-19(22-5-4-6-23-24(28(43)34-2)7-10-35-27(22)23)14-36-26-13-25(39-18-40-26)20-15-37-29(38-16-20)41(3)21-8-11-42(12-9-21)17-30(31,32)33/h4-7,10,13,15-16,18-19,21H,8-9,11-12,14,17H2,1-3H3,(H,34,43)(H,36,39,40). The van der Waals surface area contributed by atoms with E-state index in [0.717, 1.165) is 22.0 Å². The Morgan fingerprint density at radius 3 is 2.53 bits per heavy atom. The van der Waals surface area contributed by atoms with Gasteiger partial charge in [-0.25, -0.2) is 19.9 Å². The van der Waals surface area contributed by atoms with Crippen LogP contribution in [0.15, 0.2) is 55.2 Å². The second-order valence-electron chi connectivity index (χ2n) is 10.8. The first kappa shape index (κ1) is 30.1. The van der Waals surface area contributed by atoms with E-state index >= 15 is 0 Å². The van der Waals surface area contributed by atoms with Crippen molar-refractivity contribution in [2.45, 2.75) is 37.9 Å². The highest BCUT2D eigenvalue weighted by atomic mass is 19.4. The Kier molecular flexibility index (Phi) is 9.00. The van der Waals surface area contributed by atoms with Gasteiger partial charge in [0.15, 0.2) is 0 Å². The van der Waals surface area contributed by atoms with Crippen molar-refractivity contribution in [3.63, 3.8) is 0 Å². The molecule has 1 amide bonds. The van der Waals surface area contributed by atoms with Gasteiger partial charge in [0.25, 0.3) is 5.91 Å². The molecule has 5 rings (SSSR count). The SMILES string of the molecule is CNC(=O)c1ccnc2c(C(C)CNc3cc(-c4cnc(N(C)C5CCN(CC(F)(F)F)CC5)nc4)ncn3)cccc12. The third-order valence-corrected chi connectivity index (χ3v) is 7.82. The van der Waals surface area contributed by atoms with Crippen LogP contribution >= 0.6 is 0 Å². The van der Waals surface area contributed by atoms with Gasteiger partial charge in [-0.1, -0.05) is 25.1 Å². The van der Waals surface area contributed by atoms with Gasteiger partial charge in [-0.3, -0.25) is 14.7 Å². The lowest BCUT2D eigenvalue weighted by Crippen LogP contribution is -2.46. The van der Waals surface area contributed by atoms with E-state index in [2.05, 4.69) is 42.5 Å². The fourth-order valence-electron chi connectivity index (χ4n) is 5.43. The molecule has 1 unspecified atom stereocenters. The van der Waals surface area contributed by atoms with Gasteiger partial charge >= 0.3 is 6.18 Å². The van der Waals surface area contributed by atoms with Gasteiger partial charge in [-0.15, -0.1) is 0 Å². The topological polar surface area (TPSA) is 112 Å². The maximum atomic E-state index is 12.7. The average Bonchev–Trinajstić information content (AvgIpc) is 3.02. The lowest BCUT2D eigenvalue weighted by molar-refractivity contribution is -0.147. The summed E-state index contributed by atoms with van der Waals surface area (Å²) in [5.41, 5.74) is 3.76. The van der Waals surface area contributed by atoms with E-state index in [-0.39, 0.29) is 17.9 Å². The molecule has 1 fully saturated rings. The first-order valence-electron chi connectivity index (χ1n) is 14.1. The van der Waals surface area contributed by atoms with Gasteiger partial charge in [0.2, 0.25) is 5.95 Å². The second kappa shape index (κ2) is 12.9. The van der Waals surface area contributed by atoms with Crippen molar-refractivity contribution >= 4 is 28.6 Å². The van der Waals surface area contributed by atoms with E-state index < -0.39 is 12.7 Å². The number of pyridine rings is 1. The third kappa shape index (κ3) is 7.16. The fourth-order valence-corrected chi connectivity index (χ4v) is 5.43. The van der Waals surface area contributed by atoms with Crippen LogP contribution in [0.4, 0.5) is 24.9 Å². The van der Waals surface area contributed by atoms with Crippen molar-refractivity contribution in [2.24, 2.45) is 0 Å². The number of anilines is 2. The molecule has 1 aliphatic rings. The number of nitrogens with one attached hydrogen (secondary N) is 2. The minimum Gasteiger partial charge on any atom is -0.369 e. The number of aromatic nitrogens is 5. The summed E-state index contributed by atoms with van der Waals surface area (Å²) in [6.45, 7) is 2.56. The van der Waals surface area contributed by atoms with Crippen LogP contribution in [0.25, 0.3) is 22.2 Å². The number of likely N-dealkylation sites (tertiary alicyclic amines) is 1. The number of benzene rings is 1. The Balaban J connectivity index is 1.22. The predicted molar refractivity (Wildman–Crippen MR) is 159 cm³/mol. The summed E-state index contributed by atoms with van der Waals surface area (Å²) in [4.78, 5) is 38.0. The predicted octanol–water partition coefficient (Wildman–Crippen LogP) is 4.52. The largest absolute Gasteiger partial charge is 0.401 e. The Morgan fingerprint density at radius 1 is 1.09 bits per heavy atom. The lowest BCUT2D eigenvalue weighted by atomic mass is 9.96. The van der Waals surface area contributed by atoms with Crippen molar-refractivity contribution in [1.29, 1.82) is 0 Å². The molecule has 2 N–H and O–H groups in total. The number of piperidine rings is 1. The molecule has 0 bridgehead atoms. The van der Waals surface area contributed by atoms with E-state index in [1.807, 2.05) is 36.2 Å². The monoisotopic (exact) mass is 593 g/mol. The van der Waals surface area contributed by atoms with Gasteiger partial charge in [0.1, 0.15) is 12.1 Å². The summed E-state index contributed by atoms with van der Waals surface area (Å²) in [6.07, 6.45) is 3.56. The maximum absolute atomic E-state index is 12.7. The van der Waals surface area contributed by atoms with Crippen LogP contribution in [-0.2, 0) is 0 Å². The Morgan fingerprint density at radius 2 is 1.84 bits per heavy atom. The van der Waals surface area contributed by atoms with Crippen LogP contribution in [0.5, 0.6) is 0 Å². The number of hydrogen-bond donors (Lipinski definition) is 2. The quantitative estimate of drug-likeness (QED) is 0.289. The summed E-state index contributed by atoms with van der Waals surface area (Å²) in [6, 6.07) is 9.47. The van der Waals surface area contributed by atoms with Crippen molar-refractivity contribution in [1.82, 2.24) is 35.1 Å². The summed E-state index contributed by atoms with van der Waals surface area (Å²) in [5.74, 6) is 1.07. The molecule has 226 valence electrons. The van der Waals surface area contributed by atoms with Gasteiger partial charge in [-0.2, -0.15) is 13.2 Å². The van der Waals surface area contributed by atoms with Crippen molar-refractivity contribution < 1.29 is 18.0 Å². The molecule has 1 atom stereocenters. The van der Waals surface area contributed by atoms with E-state index in [1.54, 1.807) is 31.7 Å². The molecule has 0 aliphatic carbocycles. The molecule has 1 aliphatic heterocycles. The minimum absolute atomic E-state index is 0.0630. The number of nitrogens with zero attached hydrogens (tertiary/aromatic N) is 7. The molecule has 1 aromatic carbocycles. The molecule has 10 nitrogen and oxygen atoms in total. The molecule has 4 aromatic rings. The normalized spacial score (nSPS) is 15.3. The molecule has 43 heavy (non-hydrogen) atoms. The number of carbonyl (C=O) groups is 1. The van der Waals surface area contributed by atoms with Crippen molar-refractivity contribution in [3.05, 3.63) is 66.4 Å². The first-order chi connectivity index (χ1) is 20.6. The zero-order valence-electron chi connectivity index (χ0n) is 24.3. The number of amides is 1. The maximum Gasteiger partial charge on any atom is 0.401 e. The number of alkyl halides is 3. The van der Waals surface area contributed by atoms with Crippen molar-refractivity contribution in [2.75, 3.05) is 50.5 Å². The van der Waals surface area contributed by atoms with E-state index in [1.165, 1.54) is 11.2 Å². The number of rotatable bonds is 9. The highest BCUT2D eigenvalue weighted by Crippen LogP contribution is 2.28. The van der Waals surface area contributed by atoms with Crippen LogP contribution in [-0.4, -0.2) is 88.2 Å². The number of fused-ring (bicyclic) bond motifs is 1. The minimum atomic E-state index is -4.18. The van der Waals surface area contributed by atoms with Crippen LogP contribution in [0.2, 0.25) is 0 Å². The third-order valence-electron chi connectivity index (χ3n) is 7.82. The Bertz CT molecular complexity index is 1560. The molecule has 0 spiro atoms. The number of hydrogen-bond acceptors (Lipinski definition) is 9. The molecule has 0 saturated carbocycles. The lowest BCUT2D eigenvalue weighted by Gasteiger charge is -2.36. The molecule has 0 radical (unpaired) electrons. The smallest absolute Gasteiger partial charge is 0.369 e. The van der Waals surface area contributed by atoms with Crippen LogP contribution < -0.4 is 15.5 Å². The van der Waals surface area contributed by atoms with E-state index in [4.69, 9.17) is 0 Å². The summed E-state index contributed by atoms with van der Waals surface area (Å²) >= 11 is 0. The van der Waals surface area contributed by atoms with E-state index in [9.17, 15) is 18.0 Å². The van der Waals surface area contributed by atoms with Gasteiger partial charge in [0.05, 0.1) is 23.3 Å². The fraction of sp³-hybridized carbons (Fsp3) is 0.400. The Labute approximate surface area is 247 Å².